The van der Waals surface area contributed by atoms with Crippen LogP contribution in [0.1, 0.15) is 22.4 Å². The van der Waals surface area contributed by atoms with Gasteiger partial charge in [0.1, 0.15) is 5.76 Å². The van der Waals surface area contributed by atoms with Crippen molar-refractivity contribution in [3.8, 4) is 0 Å². The number of nitrogens with zero attached hydrogens (tertiary/aromatic N) is 1. The van der Waals surface area contributed by atoms with E-state index in [2.05, 4.69) is 20.8 Å². The summed E-state index contributed by atoms with van der Waals surface area (Å²) in [6, 6.07) is 7.55. The molecule has 5 heteroatoms. The van der Waals surface area contributed by atoms with Gasteiger partial charge in [0.25, 0.3) is 0 Å². The third-order valence-electron chi connectivity index (χ3n) is 2.62. The molecule has 0 aliphatic rings. The van der Waals surface area contributed by atoms with E-state index in [4.69, 9.17) is 4.42 Å². The molecule has 18 heavy (non-hydrogen) atoms. The second-order valence-corrected chi connectivity index (χ2v) is 6.37. The Kier molecular flexibility index (Phi) is 4.74. The van der Waals surface area contributed by atoms with Gasteiger partial charge in [0.05, 0.1) is 28.0 Å². The quantitative estimate of drug-likeness (QED) is 0.756. The van der Waals surface area contributed by atoms with Gasteiger partial charge in [-0.25, -0.2) is 0 Å². The van der Waals surface area contributed by atoms with E-state index >= 15 is 0 Å². The van der Waals surface area contributed by atoms with Crippen LogP contribution in [0.25, 0.3) is 0 Å². The van der Waals surface area contributed by atoms with E-state index in [0.29, 0.717) is 13.1 Å². The number of thiophene rings is 1. The summed E-state index contributed by atoms with van der Waals surface area (Å²) in [7, 11) is 0. The van der Waals surface area contributed by atoms with Crippen molar-refractivity contribution in [1.29, 1.82) is 0 Å². The molecule has 0 saturated carbocycles. The largest absolute Gasteiger partial charge is 0.468 e. The van der Waals surface area contributed by atoms with Crippen LogP contribution in [-0.4, -0.2) is 23.8 Å². The van der Waals surface area contributed by atoms with Crippen LogP contribution in [0, 0.1) is 0 Å². The molecular weight excluding hydrogens is 314 g/mol. The first-order valence-corrected chi connectivity index (χ1v) is 7.33. The van der Waals surface area contributed by atoms with Crippen LogP contribution in [-0.2, 0) is 6.54 Å². The number of Topliss-reactive ketones (excluding diaryl/α,β-unsaturated/α-hetero) is 1. The van der Waals surface area contributed by atoms with Gasteiger partial charge in [0.15, 0.2) is 5.78 Å². The van der Waals surface area contributed by atoms with Gasteiger partial charge >= 0.3 is 0 Å². The van der Waals surface area contributed by atoms with Crippen molar-refractivity contribution in [2.24, 2.45) is 0 Å². The number of ketones is 1. The van der Waals surface area contributed by atoms with Crippen LogP contribution in [0.15, 0.2) is 38.7 Å². The lowest BCUT2D eigenvalue weighted by Gasteiger charge is -2.17. The van der Waals surface area contributed by atoms with Crippen LogP contribution < -0.4 is 0 Å². The highest BCUT2D eigenvalue weighted by Gasteiger charge is 2.14. The lowest BCUT2D eigenvalue weighted by molar-refractivity contribution is 0.0929. The lowest BCUT2D eigenvalue weighted by atomic mass is 10.3. The van der Waals surface area contributed by atoms with Gasteiger partial charge in [0, 0.05) is 0 Å². The summed E-state index contributed by atoms with van der Waals surface area (Å²) in [5.74, 6) is 1.04. The maximum Gasteiger partial charge on any atom is 0.186 e. The second-order valence-electron chi connectivity index (χ2n) is 3.91. The minimum absolute atomic E-state index is 0.152. The normalized spacial score (nSPS) is 11.1. The molecule has 0 atom stereocenters. The summed E-state index contributed by atoms with van der Waals surface area (Å²) in [4.78, 5) is 14.9. The fraction of sp³-hybridized carbons (Fsp3) is 0.308. The summed E-state index contributed by atoms with van der Waals surface area (Å²) in [6.07, 6.45) is 1.65. The van der Waals surface area contributed by atoms with Gasteiger partial charge < -0.3 is 4.42 Å². The Morgan fingerprint density at radius 1 is 1.44 bits per heavy atom. The van der Waals surface area contributed by atoms with Crippen molar-refractivity contribution < 1.29 is 9.21 Å². The van der Waals surface area contributed by atoms with Crippen LogP contribution in [0.3, 0.4) is 0 Å². The number of hydrogen-bond donors (Lipinski definition) is 0. The summed E-state index contributed by atoms with van der Waals surface area (Å²) in [5.41, 5.74) is 0. The van der Waals surface area contributed by atoms with E-state index in [1.54, 1.807) is 6.26 Å². The molecule has 0 aromatic carbocycles. The standard InChI is InChI=1S/C13H14BrNO2S/c1-2-15(8-10-4-3-7-17-10)9-11(16)12-5-6-13(14)18-12/h3-7H,2,8-9H2,1H3. The Hall–Kier alpha value is -0.910. The van der Waals surface area contributed by atoms with Gasteiger partial charge in [-0.15, -0.1) is 11.3 Å². The highest BCUT2D eigenvalue weighted by atomic mass is 79.9. The molecule has 0 amide bonds. The molecule has 0 aliphatic heterocycles. The molecule has 96 valence electrons. The van der Waals surface area contributed by atoms with E-state index in [0.717, 1.165) is 21.0 Å². The number of carbonyl (C=O) groups excluding carboxylic acids is 1. The molecule has 2 heterocycles. The molecule has 2 aromatic rings. The van der Waals surface area contributed by atoms with E-state index in [1.165, 1.54) is 11.3 Å². The molecule has 0 unspecified atom stereocenters. The zero-order valence-electron chi connectivity index (χ0n) is 10.1. The first kappa shape index (κ1) is 13.5. The molecule has 0 aliphatic carbocycles. The van der Waals surface area contributed by atoms with E-state index < -0.39 is 0 Å². The highest BCUT2D eigenvalue weighted by Crippen LogP contribution is 2.22. The molecule has 0 saturated heterocycles. The molecule has 2 rings (SSSR count). The molecule has 0 fully saturated rings. The predicted molar refractivity (Wildman–Crippen MR) is 76.0 cm³/mol. The molecular formula is C13H14BrNO2S. The number of likely N-dealkylation sites (N-methyl/N-ethyl adjacent to an activating group) is 1. The molecule has 0 bridgehead atoms. The molecule has 0 radical (unpaired) electrons. The van der Waals surface area contributed by atoms with Crippen molar-refractivity contribution in [2.45, 2.75) is 13.5 Å². The minimum Gasteiger partial charge on any atom is -0.468 e. The first-order valence-electron chi connectivity index (χ1n) is 5.72. The summed E-state index contributed by atoms with van der Waals surface area (Å²) in [5, 5.41) is 0. The van der Waals surface area contributed by atoms with Crippen LogP contribution in [0.4, 0.5) is 0 Å². The first-order chi connectivity index (χ1) is 8.69. The SMILES string of the molecule is CCN(CC(=O)c1ccc(Br)s1)Cc1ccco1. The van der Waals surface area contributed by atoms with Crippen LogP contribution in [0.2, 0.25) is 0 Å². The average molecular weight is 328 g/mol. The third-order valence-corrected chi connectivity index (χ3v) is 4.29. The molecule has 3 nitrogen and oxygen atoms in total. The van der Waals surface area contributed by atoms with Crippen molar-refractivity contribution in [3.05, 3.63) is 45.0 Å². The Labute approximate surface area is 119 Å². The van der Waals surface area contributed by atoms with Crippen molar-refractivity contribution in [3.63, 3.8) is 0 Å². The lowest BCUT2D eigenvalue weighted by Crippen LogP contribution is -2.28. The fourth-order valence-electron chi connectivity index (χ4n) is 1.65. The number of carbonyl (C=O) groups is 1. The molecule has 0 N–H and O–H groups in total. The van der Waals surface area contributed by atoms with Gasteiger partial charge in [-0.2, -0.15) is 0 Å². The number of furan rings is 1. The Morgan fingerprint density at radius 2 is 2.28 bits per heavy atom. The van der Waals surface area contributed by atoms with Gasteiger partial charge in [0.2, 0.25) is 0 Å². The summed E-state index contributed by atoms with van der Waals surface area (Å²) < 4.78 is 6.29. The van der Waals surface area contributed by atoms with Crippen LogP contribution in [0.5, 0.6) is 0 Å². The number of rotatable bonds is 6. The second kappa shape index (κ2) is 6.31. The maximum absolute atomic E-state index is 12.1. The zero-order chi connectivity index (χ0) is 13.0. The van der Waals surface area contributed by atoms with E-state index in [1.807, 2.05) is 31.2 Å². The Bertz CT molecular complexity index is 507. The summed E-state index contributed by atoms with van der Waals surface area (Å²) >= 11 is 4.84. The fourth-order valence-corrected chi connectivity index (χ4v) is 2.96. The van der Waals surface area contributed by atoms with Gasteiger partial charge in [-0.1, -0.05) is 6.92 Å². The Morgan fingerprint density at radius 3 is 2.83 bits per heavy atom. The van der Waals surface area contributed by atoms with Gasteiger partial charge in [-0.3, -0.25) is 9.69 Å². The van der Waals surface area contributed by atoms with Crippen LogP contribution >= 0.6 is 27.3 Å². The predicted octanol–water partition coefficient (Wildman–Crippen LogP) is 3.81. The summed E-state index contributed by atoms with van der Waals surface area (Å²) in [6.45, 7) is 3.95. The third kappa shape index (κ3) is 3.54. The van der Waals surface area contributed by atoms with Crippen molar-refractivity contribution in [2.75, 3.05) is 13.1 Å². The monoisotopic (exact) mass is 327 g/mol. The highest BCUT2D eigenvalue weighted by molar-refractivity contribution is 9.11. The Balaban J connectivity index is 1.96. The van der Waals surface area contributed by atoms with Gasteiger partial charge in [-0.05, 0) is 46.7 Å². The smallest absolute Gasteiger partial charge is 0.186 e. The molecule has 2 aromatic heterocycles. The minimum atomic E-state index is 0.152. The number of halogens is 1. The maximum atomic E-state index is 12.1. The number of hydrogen-bond acceptors (Lipinski definition) is 4. The molecule has 0 spiro atoms. The zero-order valence-corrected chi connectivity index (χ0v) is 12.5. The van der Waals surface area contributed by atoms with E-state index in [-0.39, 0.29) is 5.78 Å². The topological polar surface area (TPSA) is 33.5 Å². The van der Waals surface area contributed by atoms with Crippen molar-refractivity contribution >= 4 is 33.0 Å². The average Bonchev–Trinajstić information content (AvgIpc) is 2.99. The van der Waals surface area contributed by atoms with Crippen molar-refractivity contribution in [1.82, 2.24) is 4.90 Å². The van der Waals surface area contributed by atoms with E-state index in [9.17, 15) is 4.79 Å².